The van der Waals surface area contributed by atoms with Crippen LogP contribution in [0.2, 0.25) is 0 Å². The second-order valence-corrected chi connectivity index (χ2v) is 8.97. The number of nitrogens with one attached hydrogen (secondary N) is 1. The van der Waals surface area contributed by atoms with Gasteiger partial charge < -0.3 is 19.7 Å². The third-order valence-electron chi connectivity index (χ3n) is 7.01. The van der Waals surface area contributed by atoms with Crippen molar-refractivity contribution in [2.75, 3.05) is 31.6 Å². The highest BCUT2D eigenvalue weighted by molar-refractivity contribution is 6.09. The Bertz CT molecular complexity index is 967. The number of hydrogen-bond donors (Lipinski definition) is 1. The average molecular weight is 423 g/mol. The van der Waals surface area contributed by atoms with Gasteiger partial charge in [0.25, 0.3) is 0 Å². The minimum Gasteiger partial charge on any atom is -0.494 e. The van der Waals surface area contributed by atoms with Gasteiger partial charge in [-0.2, -0.15) is 0 Å². The van der Waals surface area contributed by atoms with E-state index in [4.69, 9.17) is 9.47 Å². The minimum absolute atomic E-state index is 0.0188. The van der Waals surface area contributed by atoms with Crippen LogP contribution in [0, 0.1) is 5.92 Å². The lowest BCUT2D eigenvalue weighted by Crippen LogP contribution is -2.58. The van der Waals surface area contributed by atoms with Gasteiger partial charge in [-0.25, -0.2) is 0 Å². The molecule has 0 fully saturated rings. The summed E-state index contributed by atoms with van der Waals surface area (Å²) in [4.78, 5) is 16.3. The Morgan fingerprint density at radius 3 is 2.52 bits per heavy atom. The maximum atomic E-state index is 13.9. The Hall–Kier alpha value is -2.53. The summed E-state index contributed by atoms with van der Waals surface area (Å²) in [5.74, 6) is 1.53. The zero-order valence-electron chi connectivity index (χ0n) is 19.3. The zero-order chi connectivity index (χ0) is 22.2. The first kappa shape index (κ1) is 21.7. The van der Waals surface area contributed by atoms with Crippen LogP contribution in [-0.2, 0) is 10.2 Å². The van der Waals surface area contributed by atoms with Crippen molar-refractivity contribution in [1.82, 2.24) is 4.90 Å². The van der Waals surface area contributed by atoms with Crippen LogP contribution in [0.4, 0.5) is 5.69 Å². The molecule has 31 heavy (non-hydrogen) atoms. The quantitative estimate of drug-likeness (QED) is 0.694. The number of para-hydroxylation sites is 1. The van der Waals surface area contributed by atoms with Crippen molar-refractivity contribution in [1.29, 1.82) is 0 Å². The summed E-state index contributed by atoms with van der Waals surface area (Å²) in [7, 11) is 0. The monoisotopic (exact) mass is 422 g/mol. The fourth-order valence-electron chi connectivity index (χ4n) is 5.54. The molecule has 4 rings (SSSR count). The Morgan fingerprint density at radius 1 is 1.06 bits per heavy atom. The van der Waals surface area contributed by atoms with Crippen molar-refractivity contribution in [3.63, 3.8) is 0 Å². The van der Waals surface area contributed by atoms with Crippen LogP contribution in [0.25, 0.3) is 0 Å². The lowest BCUT2D eigenvalue weighted by atomic mass is 9.58. The number of hydrogen-bond acceptors (Lipinski definition) is 4. The van der Waals surface area contributed by atoms with Gasteiger partial charge in [0.1, 0.15) is 22.5 Å². The maximum Gasteiger partial charge on any atom is 0.240 e. The molecule has 0 saturated carbocycles. The van der Waals surface area contributed by atoms with Gasteiger partial charge in [-0.05, 0) is 64.5 Å². The molecule has 2 aliphatic heterocycles. The Labute approximate surface area is 185 Å². The Kier molecular flexibility index (Phi) is 5.73. The molecule has 5 nitrogen and oxygen atoms in total. The number of amides is 1. The third-order valence-corrected chi connectivity index (χ3v) is 7.01. The molecular formula is C26H34N2O3. The van der Waals surface area contributed by atoms with Gasteiger partial charge in [0.15, 0.2) is 0 Å². The first-order chi connectivity index (χ1) is 14.9. The summed E-state index contributed by atoms with van der Waals surface area (Å²) in [6.07, 6.45) is 0.864. The summed E-state index contributed by atoms with van der Waals surface area (Å²) >= 11 is 0. The lowest BCUT2D eigenvalue weighted by molar-refractivity contribution is -0.126. The molecular weight excluding hydrogens is 388 g/mol. The van der Waals surface area contributed by atoms with Gasteiger partial charge in [0, 0.05) is 23.2 Å². The summed E-state index contributed by atoms with van der Waals surface area (Å²) < 4.78 is 12.3. The molecule has 2 aromatic carbocycles. The summed E-state index contributed by atoms with van der Waals surface area (Å²) in [6, 6.07) is 14.0. The van der Waals surface area contributed by atoms with Crippen molar-refractivity contribution < 1.29 is 14.3 Å². The molecule has 0 aliphatic carbocycles. The van der Waals surface area contributed by atoms with E-state index in [0.717, 1.165) is 54.4 Å². The van der Waals surface area contributed by atoms with Crippen LogP contribution in [0.5, 0.6) is 11.5 Å². The fraction of sp³-hybridized carbons (Fsp3) is 0.500. The molecule has 5 heteroatoms. The van der Waals surface area contributed by atoms with E-state index in [-0.39, 0.29) is 11.8 Å². The molecule has 2 atom stereocenters. The van der Waals surface area contributed by atoms with Crippen LogP contribution in [-0.4, -0.2) is 42.6 Å². The van der Waals surface area contributed by atoms with Crippen LogP contribution in [0.3, 0.4) is 0 Å². The number of benzene rings is 2. The largest absolute Gasteiger partial charge is 0.494 e. The Morgan fingerprint density at radius 2 is 1.81 bits per heavy atom. The van der Waals surface area contributed by atoms with E-state index in [1.54, 1.807) is 0 Å². The normalized spacial score (nSPS) is 23.3. The molecule has 0 bridgehead atoms. The predicted molar refractivity (Wildman–Crippen MR) is 124 cm³/mol. The molecule has 0 aromatic heterocycles. The number of anilines is 1. The van der Waals surface area contributed by atoms with E-state index in [1.165, 1.54) is 0 Å². The van der Waals surface area contributed by atoms with Gasteiger partial charge in [-0.3, -0.25) is 4.79 Å². The number of carbonyl (C=O) groups is 1. The highest BCUT2D eigenvalue weighted by Gasteiger charge is 2.62. The van der Waals surface area contributed by atoms with Crippen molar-refractivity contribution in [3.05, 3.63) is 53.6 Å². The number of nitrogens with zero attached hydrogens (tertiary/aromatic N) is 1. The molecule has 2 aliphatic rings. The number of rotatable bonds is 7. The number of ether oxygens (including phenoxy) is 2. The summed E-state index contributed by atoms with van der Waals surface area (Å²) in [5.41, 5.74) is 1.57. The number of carbonyl (C=O) groups excluding carboxylic acids is 1. The van der Waals surface area contributed by atoms with Gasteiger partial charge in [-0.15, -0.1) is 0 Å². The van der Waals surface area contributed by atoms with Crippen molar-refractivity contribution in [2.24, 2.45) is 5.92 Å². The molecule has 2 heterocycles. The van der Waals surface area contributed by atoms with E-state index in [0.29, 0.717) is 6.61 Å². The topological polar surface area (TPSA) is 50.8 Å². The molecule has 0 saturated heterocycles. The van der Waals surface area contributed by atoms with E-state index in [9.17, 15) is 4.79 Å². The molecule has 1 amide bonds. The van der Waals surface area contributed by atoms with Crippen molar-refractivity contribution in [3.8, 4) is 11.5 Å². The second-order valence-electron chi connectivity index (χ2n) is 8.97. The van der Waals surface area contributed by atoms with E-state index >= 15 is 0 Å². The second kappa shape index (κ2) is 8.19. The van der Waals surface area contributed by atoms with Gasteiger partial charge in [0.2, 0.25) is 5.91 Å². The molecule has 1 N–H and O–H groups in total. The molecule has 2 unspecified atom stereocenters. The molecule has 0 radical (unpaired) electrons. The average Bonchev–Trinajstić information content (AvgIpc) is 3.03. The third kappa shape index (κ3) is 3.39. The van der Waals surface area contributed by atoms with Crippen molar-refractivity contribution >= 4 is 11.6 Å². The van der Waals surface area contributed by atoms with Crippen molar-refractivity contribution in [2.45, 2.75) is 52.1 Å². The molecule has 166 valence electrons. The minimum atomic E-state index is -0.786. The first-order valence-electron chi connectivity index (χ1n) is 11.5. The van der Waals surface area contributed by atoms with Crippen LogP contribution >= 0.6 is 0 Å². The summed E-state index contributed by atoms with van der Waals surface area (Å²) in [5, 5.41) is 3.18. The predicted octanol–water partition coefficient (Wildman–Crippen LogP) is 4.84. The van der Waals surface area contributed by atoms with Gasteiger partial charge >= 0.3 is 0 Å². The van der Waals surface area contributed by atoms with E-state index in [2.05, 4.69) is 44.0 Å². The smallest absolute Gasteiger partial charge is 0.240 e. The molecule has 1 spiro atoms. The van der Waals surface area contributed by atoms with E-state index in [1.807, 2.05) is 43.3 Å². The Balaban J connectivity index is 1.91. The highest BCUT2D eigenvalue weighted by atomic mass is 16.5. The zero-order valence-corrected chi connectivity index (χ0v) is 19.3. The van der Waals surface area contributed by atoms with Crippen LogP contribution in [0.1, 0.15) is 52.2 Å². The highest BCUT2D eigenvalue weighted by Crippen LogP contribution is 2.58. The van der Waals surface area contributed by atoms with Gasteiger partial charge in [0.05, 0.1) is 6.61 Å². The first-order valence-corrected chi connectivity index (χ1v) is 11.5. The number of fused-ring (bicyclic) bond motifs is 4. The van der Waals surface area contributed by atoms with E-state index < -0.39 is 11.0 Å². The lowest BCUT2D eigenvalue weighted by Gasteiger charge is -2.50. The standard InChI is InChI=1S/C26H34N2O3/c1-6-28(7-2)16-15-23-25(4,5)31-22-17-18(30-8-3)13-14-20(22)26(23)19-11-9-10-12-21(19)27-24(26)29/h9-14,17,23H,6-8,15-16H2,1-5H3,(H,27,29). The molecule has 2 aromatic rings. The SMILES string of the molecule is CCOc1ccc2c(c1)OC(C)(C)C(CCN(CC)CC)C21C(=O)Nc2ccccc21. The van der Waals surface area contributed by atoms with Crippen LogP contribution < -0.4 is 14.8 Å². The summed E-state index contributed by atoms with van der Waals surface area (Å²) in [6.45, 7) is 14.1. The van der Waals surface area contributed by atoms with Gasteiger partial charge in [-0.1, -0.05) is 38.1 Å². The fourth-order valence-corrected chi connectivity index (χ4v) is 5.54. The maximum absolute atomic E-state index is 13.9. The van der Waals surface area contributed by atoms with Crippen LogP contribution in [0.15, 0.2) is 42.5 Å².